The van der Waals surface area contributed by atoms with Gasteiger partial charge >= 0.3 is 0 Å². The van der Waals surface area contributed by atoms with Crippen molar-refractivity contribution in [2.75, 3.05) is 12.4 Å². The van der Waals surface area contributed by atoms with Crippen LogP contribution in [0.1, 0.15) is 30.6 Å². The van der Waals surface area contributed by atoms with Crippen LogP contribution in [0.3, 0.4) is 0 Å². The van der Waals surface area contributed by atoms with E-state index >= 15 is 0 Å². The van der Waals surface area contributed by atoms with Crippen LogP contribution in [0, 0.1) is 5.92 Å². The number of hydrogen-bond acceptors (Lipinski definition) is 8. The van der Waals surface area contributed by atoms with Crippen LogP contribution >= 0.6 is 23.5 Å². The van der Waals surface area contributed by atoms with Crippen LogP contribution in [0.2, 0.25) is 0 Å². The third-order valence-corrected chi connectivity index (χ3v) is 8.07. The van der Waals surface area contributed by atoms with E-state index in [2.05, 4.69) is 24.5 Å². The Labute approximate surface area is 177 Å². The molecular formula is C19H25N5O3S2. The summed E-state index contributed by atoms with van der Waals surface area (Å²) in [6.45, 7) is 4.65. The Balaban J connectivity index is 1.54. The van der Waals surface area contributed by atoms with E-state index in [0.29, 0.717) is 29.1 Å². The van der Waals surface area contributed by atoms with E-state index in [4.69, 9.17) is 15.5 Å². The molecule has 4 N–H and O–H groups in total. The fraction of sp³-hybridized carbons (Fsp3) is 0.526. The molecule has 8 nitrogen and oxygen atoms in total. The van der Waals surface area contributed by atoms with Crippen molar-refractivity contribution in [3.63, 3.8) is 0 Å². The molecule has 0 spiro atoms. The fourth-order valence-corrected chi connectivity index (χ4v) is 6.24. The average molecular weight is 436 g/mol. The maximum absolute atomic E-state index is 12.6. The van der Waals surface area contributed by atoms with Crippen molar-refractivity contribution >= 4 is 34.6 Å². The van der Waals surface area contributed by atoms with E-state index in [1.165, 1.54) is 22.9 Å². The lowest BCUT2D eigenvalue weighted by molar-refractivity contribution is -0.0585. The van der Waals surface area contributed by atoms with Gasteiger partial charge in [-0.2, -0.15) is 0 Å². The van der Waals surface area contributed by atoms with E-state index < -0.39 is 10.4 Å². The van der Waals surface area contributed by atoms with Crippen LogP contribution in [0.15, 0.2) is 39.3 Å². The third-order valence-electron chi connectivity index (χ3n) is 5.83. The Morgan fingerprint density at radius 2 is 2.28 bits per heavy atom. The zero-order chi connectivity index (χ0) is 20.8. The Bertz CT molecular complexity index is 961. The fourth-order valence-electron chi connectivity index (χ4n) is 4.12. The molecule has 0 aliphatic carbocycles. The van der Waals surface area contributed by atoms with Gasteiger partial charge in [0.15, 0.2) is 5.17 Å². The summed E-state index contributed by atoms with van der Waals surface area (Å²) in [7, 11) is 1.62. The zero-order valence-corrected chi connectivity index (χ0v) is 18.2. The van der Waals surface area contributed by atoms with Crippen molar-refractivity contribution in [2.45, 2.75) is 36.8 Å². The van der Waals surface area contributed by atoms with E-state index in [1.54, 1.807) is 30.6 Å². The summed E-state index contributed by atoms with van der Waals surface area (Å²) in [4.78, 5) is 28.6. The second kappa shape index (κ2) is 7.41. The summed E-state index contributed by atoms with van der Waals surface area (Å²) in [6, 6.07) is 2.90. The number of amidine groups is 1. The number of pyridine rings is 1. The number of ether oxygens (including phenoxy) is 1. The first-order valence-corrected chi connectivity index (χ1v) is 11.3. The van der Waals surface area contributed by atoms with Crippen molar-refractivity contribution in [3.05, 3.63) is 45.5 Å². The number of thioether (sulfide) groups is 2. The normalized spacial score (nSPS) is 33.9. The number of nitrogens with one attached hydrogen (secondary N) is 2. The molecule has 1 saturated heterocycles. The molecule has 1 fully saturated rings. The molecule has 3 aliphatic heterocycles. The number of aliphatic imine (C=N–C) groups is 1. The number of rotatable bonds is 3. The Hall–Kier alpha value is -1.91. The van der Waals surface area contributed by atoms with Gasteiger partial charge in [-0.3, -0.25) is 9.59 Å². The highest BCUT2D eigenvalue weighted by molar-refractivity contribution is 8.13. The molecule has 0 aromatic carbocycles. The molecule has 1 amide bonds. The molecule has 156 valence electrons. The maximum atomic E-state index is 12.6. The monoisotopic (exact) mass is 435 g/mol. The number of aromatic nitrogens is 1. The van der Waals surface area contributed by atoms with Gasteiger partial charge in [-0.1, -0.05) is 23.5 Å². The number of aryl methyl sites for hydroxylation is 1. The van der Waals surface area contributed by atoms with Crippen LogP contribution in [-0.4, -0.2) is 44.5 Å². The molecule has 0 radical (unpaired) electrons. The smallest absolute Gasteiger partial charge is 0.258 e. The quantitative estimate of drug-likeness (QED) is 0.654. The van der Waals surface area contributed by atoms with E-state index in [0.717, 1.165) is 12.2 Å². The zero-order valence-electron chi connectivity index (χ0n) is 16.6. The van der Waals surface area contributed by atoms with Crippen molar-refractivity contribution in [3.8, 4) is 0 Å². The van der Waals surface area contributed by atoms with Crippen molar-refractivity contribution < 1.29 is 9.53 Å². The summed E-state index contributed by atoms with van der Waals surface area (Å²) < 4.78 is 7.40. The lowest BCUT2D eigenvalue weighted by atomic mass is 9.75. The van der Waals surface area contributed by atoms with Crippen LogP contribution in [-0.2, 0) is 11.8 Å². The number of carbonyl (C=O) groups is 1. The van der Waals surface area contributed by atoms with Crippen LogP contribution in [0.5, 0.6) is 0 Å². The molecule has 4 rings (SSSR count). The first kappa shape index (κ1) is 20.4. The third kappa shape index (κ3) is 3.57. The SMILES string of the molecule is C[C@H]1C[C@H]2CSC(N)=N[C@@]2(C2(C)NC(NC(=O)c3ccc(=O)n(C)c3)=CS2)CO1. The number of carbonyl (C=O) groups excluding carboxylic acids is 1. The summed E-state index contributed by atoms with van der Waals surface area (Å²) in [6.07, 6.45) is 2.63. The first-order valence-electron chi connectivity index (χ1n) is 9.46. The first-order chi connectivity index (χ1) is 13.7. The highest BCUT2D eigenvalue weighted by atomic mass is 32.2. The number of amides is 1. The summed E-state index contributed by atoms with van der Waals surface area (Å²) in [5.41, 5.74) is 5.85. The standard InChI is InChI=1S/C19H25N5O3S2/c1-11-6-13-8-28-17(20)23-19(13,10-27-11)18(2)22-14(9-29-18)21-16(26)12-4-5-15(25)24(3)7-12/h4-5,7,9,11,13,22H,6,8,10H2,1-3H3,(H2,20,23)(H,21,26)/t11-,13-,18?,19-/m0/s1. The van der Waals surface area contributed by atoms with Crippen LogP contribution in [0.25, 0.3) is 0 Å². The van der Waals surface area contributed by atoms with E-state index in [9.17, 15) is 9.59 Å². The lowest BCUT2D eigenvalue weighted by Crippen LogP contribution is -2.67. The minimum absolute atomic E-state index is 0.162. The molecule has 0 saturated carbocycles. The predicted molar refractivity (Wildman–Crippen MR) is 117 cm³/mol. The Morgan fingerprint density at radius 3 is 3.03 bits per heavy atom. The molecule has 3 aliphatic rings. The van der Waals surface area contributed by atoms with Crippen molar-refractivity contribution in [2.24, 2.45) is 23.7 Å². The second-order valence-corrected chi connectivity index (χ2v) is 10.2. The van der Waals surface area contributed by atoms with Gasteiger partial charge in [0.2, 0.25) is 5.56 Å². The number of hydrogen-bond donors (Lipinski definition) is 3. The average Bonchev–Trinajstić information content (AvgIpc) is 3.06. The van der Waals surface area contributed by atoms with Crippen molar-refractivity contribution in [1.29, 1.82) is 0 Å². The van der Waals surface area contributed by atoms with Gasteiger partial charge in [-0.15, -0.1) is 0 Å². The van der Waals surface area contributed by atoms with Gasteiger partial charge in [0.1, 0.15) is 16.2 Å². The van der Waals surface area contributed by atoms with E-state index in [-0.39, 0.29) is 17.6 Å². The van der Waals surface area contributed by atoms with Gasteiger partial charge in [-0.05, 0) is 26.3 Å². The van der Waals surface area contributed by atoms with Crippen LogP contribution < -0.4 is 21.9 Å². The number of fused-ring (bicyclic) bond motifs is 1. The van der Waals surface area contributed by atoms with E-state index in [1.807, 2.05) is 5.41 Å². The number of nitrogens with two attached hydrogens (primary N) is 1. The van der Waals surface area contributed by atoms with Crippen molar-refractivity contribution in [1.82, 2.24) is 15.2 Å². The van der Waals surface area contributed by atoms with Gasteiger partial charge in [0.25, 0.3) is 5.91 Å². The molecule has 29 heavy (non-hydrogen) atoms. The van der Waals surface area contributed by atoms with Crippen LogP contribution in [0.4, 0.5) is 0 Å². The molecule has 0 bridgehead atoms. The topological polar surface area (TPSA) is 111 Å². The summed E-state index contributed by atoms with van der Waals surface area (Å²) in [5.74, 6) is 1.55. The number of nitrogens with zero attached hydrogens (tertiary/aromatic N) is 2. The molecule has 4 atom stereocenters. The van der Waals surface area contributed by atoms with Gasteiger partial charge in [-0.25, -0.2) is 4.99 Å². The molecular weight excluding hydrogens is 410 g/mol. The molecule has 1 aromatic rings. The minimum atomic E-state index is -0.515. The largest absolute Gasteiger partial charge is 0.379 e. The molecule has 1 aromatic heterocycles. The lowest BCUT2D eigenvalue weighted by Gasteiger charge is -2.53. The Kier molecular flexibility index (Phi) is 5.20. The highest BCUT2D eigenvalue weighted by Gasteiger charge is 2.59. The second-order valence-electron chi connectivity index (χ2n) is 7.87. The Morgan fingerprint density at radius 1 is 1.48 bits per heavy atom. The molecule has 1 unspecified atom stereocenters. The summed E-state index contributed by atoms with van der Waals surface area (Å²) >= 11 is 3.18. The minimum Gasteiger partial charge on any atom is -0.379 e. The summed E-state index contributed by atoms with van der Waals surface area (Å²) in [5, 5.41) is 8.83. The predicted octanol–water partition coefficient (Wildman–Crippen LogP) is 1.19. The van der Waals surface area contributed by atoms with Gasteiger partial charge in [0.05, 0.1) is 18.3 Å². The van der Waals surface area contributed by atoms with Gasteiger partial charge in [0, 0.05) is 36.4 Å². The molecule has 4 heterocycles. The highest BCUT2D eigenvalue weighted by Crippen LogP contribution is 2.51. The molecule has 10 heteroatoms. The maximum Gasteiger partial charge on any atom is 0.258 e. The van der Waals surface area contributed by atoms with Gasteiger partial charge < -0.3 is 25.7 Å².